The minimum absolute atomic E-state index is 0.00291. The van der Waals surface area contributed by atoms with Crippen molar-refractivity contribution in [2.24, 2.45) is 11.7 Å². The van der Waals surface area contributed by atoms with Gasteiger partial charge in [0, 0.05) is 86.6 Å². The van der Waals surface area contributed by atoms with Crippen LogP contribution in [0.25, 0.3) is 54.8 Å². The molecule has 1 saturated carbocycles. The third-order valence-electron chi connectivity index (χ3n) is 16.0. The van der Waals surface area contributed by atoms with Gasteiger partial charge in [-0.1, -0.05) is 79.4 Å². The molecule has 4 heterocycles. The lowest BCUT2D eigenvalue weighted by atomic mass is 9.83. The van der Waals surface area contributed by atoms with Crippen molar-refractivity contribution in [3.8, 4) is 33.9 Å². The molecule has 3 atom stereocenters. The van der Waals surface area contributed by atoms with E-state index in [2.05, 4.69) is 32.4 Å². The Morgan fingerprint density at radius 2 is 1.62 bits per heavy atom. The molecular formula is C60H69ClFN11O7S. The summed E-state index contributed by atoms with van der Waals surface area (Å²) >= 11 is 8.45. The highest BCUT2D eigenvalue weighted by Crippen LogP contribution is 2.44. The molecule has 5 aromatic carbocycles. The van der Waals surface area contributed by atoms with Crippen LogP contribution in [0.3, 0.4) is 0 Å². The van der Waals surface area contributed by atoms with E-state index in [0.717, 1.165) is 72.0 Å². The number of hydrogen-bond acceptors (Lipinski definition) is 14. The van der Waals surface area contributed by atoms with Gasteiger partial charge in [-0.05, 0) is 97.6 Å². The maximum atomic E-state index is 17.0. The topological polar surface area (TPSA) is 221 Å². The van der Waals surface area contributed by atoms with Gasteiger partial charge in [-0.3, -0.25) is 14.4 Å². The Morgan fingerprint density at radius 3 is 2.38 bits per heavy atom. The minimum Gasteiger partial charge on any atom is -0.508 e. The number of phenols is 1. The van der Waals surface area contributed by atoms with Crippen LogP contribution in [0.15, 0.2) is 84.2 Å². The molecule has 6 N–H and O–H groups in total. The number of aromatic hydroxyl groups is 1. The van der Waals surface area contributed by atoms with Crippen LogP contribution in [0.2, 0.25) is 5.02 Å². The molecule has 7 aromatic rings. The Morgan fingerprint density at radius 1 is 0.864 bits per heavy atom. The fourth-order valence-electron chi connectivity index (χ4n) is 11.4. The summed E-state index contributed by atoms with van der Waals surface area (Å²) in [6, 6.07) is 22.4. The van der Waals surface area contributed by atoms with Gasteiger partial charge in [0.05, 0.1) is 36.0 Å². The van der Waals surface area contributed by atoms with Crippen LogP contribution in [0, 0.1) is 11.7 Å². The number of phenolic OH excluding ortho intramolecular Hbond substituents is 1. The summed E-state index contributed by atoms with van der Waals surface area (Å²) in [6.45, 7) is 5.18. The summed E-state index contributed by atoms with van der Waals surface area (Å²) in [5.74, 6) is 0.257. The number of aromatic nitrogens is 3. The maximum Gasteiger partial charge on any atom is 0.314 e. The molecule has 1 aliphatic carbocycles. The number of carbonyl (C=O) groups is 4. The van der Waals surface area contributed by atoms with Crippen LogP contribution in [0.5, 0.6) is 11.5 Å². The highest BCUT2D eigenvalue weighted by molar-refractivity contribution is 7.10. The normalized spacial score (nSPS) is 16.7. The number of carbonyl (C=O) groups excluding carboxylic acids is 4. The monoisotopic (exact) mass is 1140 g/mol. The van der Waals surface area contributed by atoms with E-state index >= 15 is 4.39 Å². The highest BCUT2D eigenvalue weighted by atomic mass is 35.5. The molecule has 10 rings (SSSR count). The van der Waals surface area contributed by atoms with E-state index in [4.69, 9.17) is 36.8 Å². The van der Waals surface area contributed by atoms with Crippen LogP contribution < -0.4 is 31.3 Å². The predicted octanol–water partition coefficient (Wildman–Crippen LogP) is 9.12. The van der Waals surface area contributed by atoms with Crippen molar-refractivity contribution in [1.82, 2.24) is 40.3 Å². The zero-order chi connectivity index (χ0) is 56.7. The first kappa shape index (κ1) is 56.9. The molecule has 2 aromatic heterocycles. The highest BCUT2D eigenvalue weighted by Gasteiger charge is 2.40. The smallest absolute Gasteiger partial charge is 0.314 e. The Labute approximate surface area is 479 Å². The van der Waals surface area contributed by atoms with Gasteiger partial charge < -0.3 is 55.9 Å². The first-order chi connectivity index (χ1) is 39.3. The van der Waals surface area contributed by atoms with Crippen LogP contribution in [0.1, 0.15) is 69.3 Å². The van der Waals surface area contributed by atoms with Crippen molar-refractivity contribution in [2.45, 2.75) is 76.4 Å². The molecule has 0 unspecified atom stereocenters. The summed E-state index contributed by atoms with van der Waals surface area (Å²) in [6.07, 6.45) is 6.90. The quantitative estimate of drug-likeness (QED) is 0.0450. The molecule has 3 aliphatic rings. The number of rotatable bonds is 20. The van der Waals surface area contributed by atoms with Crippen molar-refractivity contribution in [2.75, 3.05) is 89.9 Å². The largest absolute Gasteiger partial charge is 0.508 e. The number of nitrogens with one attached hydrogen (secondary N) is 3. The summed E-state index contributed by atoms with van der Waals surface area (Å²) < 4.78 is 29.2. The van der Waals surface area contributed by atoms with Gasteiger partial charge in [-0.2, -0.15) is 4.98 Å². The van der Waals surface area contributed by atoms with Crippen molar-refractivity contribution in [3.05, 3.63) is 100 Å². The van der Waals surface area contributed by atoms with Gasteiger partial charge in [0.25, 0.3) is 0 Å². The predicted molar refractivity (Wildman–Crippen MR) is 315 cm³/mol. The number of nitrogens with two attached hydrogens (primary N) is 1. The Bertz CT molecular complexity index is 3450. The average Bonchev–Trinajstić information content (AvgIpc) is 4.32. The number of thiazole rings is 1. The number of piperazine rings is 1. The van der Waals surface area contributed by atoms with E-state index in [0.29, 0.717) is 72.6 Å². The number of likely N-dealkylation sites (N-methyl/N-ethyl adjacent to an activating group) is 2. The average molecular weight is 1140 g/mol. The molecule has 2 saturated heterocycles. The Kier molecular flexibility index (Phi) is 18.0. The van der Waals surface area contributed by atoms with Gasteiger partial charge in [-0.25, -0.2) is 19.2 Å². The molecule has 5 amide bonds. The van der Waals surface area contributed by atoms with E-state index < -0.39 is 23.9 Å². The van der Waals surface area contributed by atoms with Gasteiger partial charge in [0.15, 0.2) is 5.82 Å². The third kappa shape index (κ3) is 12.6. The van der Waals surface area contributed by atoms with Gasteiger partial charge >= 0.3 is 6.03 Å². The second-order valence-electron chi connectivity index (χ2n) is 21.1. The lowest BCUT2D eigenvalue weighted by Gasteiger charge is -2.35. The second kappa shape index (κ2) is 25.6. The van der Waals surface area contributed by atoms with Crippen molar-refractivity contribution < 1.29 is 38.1 Å². The van der Waals surface area contributed by atoms with E-state index in [1.165, 1.54) is 11.0 Å². The zero-order valence-electron chi connectivity index (χ0n) is 45.9. The number of anilines is 2. The molecule has 81 heavy (non-hydrogen) atoms. The number of fused-ring (bicyclic) bond motifs is 3. The number of urea groups is 1. The lowest BCUT2D eigenvalue weighted by molar-refractivity contribution is -0.139. The number of halogens is 2. The lowest BCUT2D eigenvalue weighted by Crippen LogP contribution is -2.55. The summed E-state index contributed by atoms with van der Waals surface area (Å²) in [5, 5.41) is 26.7. The Hall–Kier alpha value is -7.39. The number of likely N-dealkylation sites (tertiary alicyclic amines) is 1. The molecule has 21 heteroatoms. The third-order valence-corrected chi connectivity index (χ3v) is 17.2. The van der Waals surface area contributed by atoms with Crippen LogP contribution >= 0.6 is 22.9 Å². The summed E-state index contributed by atoms with van der Waals surface area (Å²) in [5.41, 5.74) is 7.83. The molecule has 18 nitrogen and oxygen atoms in total. The van der Waals surface area contributed by atoms with E-state index in [9.17, 15) is 24.3 Å². The van der Waals surface area contributed by atoms with Gasteiger partial charge in [-0.15, -0.1) is 11.3 Å². The number of nitrogens with zero attached hydrogens (tertiary/aromatic N) is 7. The SMILES string of the molecule is CN[C@@H](C)C(=O)N[C@H](C(=O)N1CCC[C@H]1c1nc(-c2ccc(OCCOCCN(C)C(=O)CCNc3nc(N4CCN(C(N)=O)CC4)c4cc(Cl)c(-c5cc(O)cc6ccccc56)c(F)c4n3)c3ccccc23)cs1)C1CCCCC1. The fraction of sp³-hybridized carbons (Fsp3) is 0.417. The van der Waals surface area contributed by atoms with Crippen molar-refractivity contribution in [3.63, 3.8) is 0 Å². The summed E-state index contributed by atoms with van der Waals surface area (Å²) in [4.78, 5) is 74.4. The van der Waals surface area contributed by atoms with Crippen molar-refractivity contribution in [1.29, 1.82) is 0 Å². The standard InChI is InChI=1S/C60H69ClFN11O7S/c1-36(64-2)56(76)67-53(37-12-5-4-6-13-37)58(77)73-23-11-18-48(73)57-66-47(35-81-57)42-19-20-49(43-17-10-9-16-41(42)43)80-31-30-79-29-28-70(3)50(75)21-22-65-60-68-54-45(55(69-60)71-24-26-72(27-25-71)59(63)78)34-46(61)51(52(54)62)44-33-39(74)32-38-14-7-8-15-40(38)44/h7-10,14-17,19-20,32-37,48,53,64,74H,4-6,11-13,18,21-31H2,1-3H3,(H2,63,78)(H,67,76)(H,65,68,69)/t36-,48-,53-/m0/s1. The molecule has 0 bridgehead atoms. The molecule has 3 fully saturated rings. The van der Waals surface area contributed by atoms with Crippen LogP contribution in [0.4, 0.5) is 21.0 Å². The van der Waals surface area contributed by atoms with E-state index in [1.54, 1.807) is 42.5 Å². The number of ether oxygens (including phenoxy) is 2. The first-order valence-corrected chi connectivity index (χ1v) is 29.2. The summed E-state index contributed by atoms with van der Waals surface area (Å²) in [7, 11) is 3.45. The number of primary amides is 1. The molecular weight excluding hydrogens is 1070 g/mol. The number of hydrogen-bond donors (Lipinski definition) is 5. The molecule has 2 aliphatic heterocycles. The van der Waals surface area contributed by atoms with Crippen LogP contribution in [-0.2, 0) is 19.1 Å². The number of benzene rings is 5. The van der Waals surface area contributed by atoms with E-state index in [-0.39, 0.29) is 90.3 Å². The number of amides is 5. The molecule has 426 valence electrons. The maximum absolute atomic E-state index is 17.0. The Balaban J connectivity index is 0.738. The second-order valence-corrected chi connectivity index (χ2v) is 22.4. The first-order valence-electron chi connectivity index (χ1n) is 27.9. The van der Waals surface area contributed by atoms with Gasteiger partial charge in [0.2, 0.25) is 23.7 Å². The van der Waals surface area contributed by atoms with Crippen molar-refractivity contribution >= 4 is 90.9 Å². The zero-order valence-corrected chi connectivity index (χ0v) is 47.5. The fourth-order valence-corrected chi connectivity index (χ4v) is 12.7. The minimum atomic E-state index is -0.698. The van der Waals surface area contributed by atoms with E-state index in [1.807, 2.05) is 71.3 Å². The van der Waals surface area contributed by atoms with Gasteiger partial charge in [0.1, 0.15) is 40.5 Å². The molecule has 0 radical (unpaired) electrons. The van der Waals surface area contributed by atoms with Crippen LogP contribution in [-0.4, -0.2) is 150 Å². The molecule has 0 spiro atoms.